The van der Waals surface area contributed by atoms with Gasteiger partial charge in [-0.2, -0.15) is 0 Å². The summed E-state index contributed by atoms with van der Waals surface area (Å²) in [4.78, 5) is 23.9. The normalized spacial score (nSPS) is 18.9. The minimum absolute atomic E-state index is 0.182. The standard InChI is InChI=1S/C12H15N3O3/c13-9-2-1-7(12(17)18)5-10(9)15-4-3-8(6-15)11(14)16/h1-2,5,8H,3-4,6,13H2,(H2,14,16)(H,17,18). The van der Waals surface area contributed by atoms with Gasteiger partial charge in [0.05, 0.1) is 22.9 Å². The number of carbonyl (C=O) groups is 2. The van der Waals surface area contributed by atoms with Crippen molar-refractivity contribution in [1.29, 1.82) is 0 Å². The lowest BCUT2D eigenvalue weighted by Gasteiger charge is -2.20. The van der Waals surface area contributed by atoms with E-state index in [2.05, 4.69) is 0 Å². The zero-order valence-electron chi connectivity index (χ0n) is 9.80. The molecule has 96 valence electrons. The van der Waals surface area contributed by atoms with Crippen molar-refractivity contribution < 1.29 is 14.7 Å². The summed E-state index contributed by atoms with van der Waals surface area (Å²) in [5.74, 6) is -1.52. The van der Waals surface area contributed by atoms with E-state index < -0.39 is 5.97 Å². The number of primary amides is 1. The Morgan fingerprint density at radius 1 is 1.39 bits per heavy atom. The van der Waals surface area contributed by atoms with E-state index in [0.717, 1.165) is 0 Å². The number of benzene rings is 1. The first-order valence-corrected chi connectivity index (χ1v) is 5.66. The number of anilines is 2. The van der Waals surface area contributed by atoms with Gasteiger partial charge in [0.2, 0.25) is 5.91 Å². The van der Waals surface area contributed by atoms with Crippen LogP contribution in [0.25, 0.3) is 0 Å². The summed E-state index contributed by atoms with van der Waals surface area (Å²) >= 11 is 0. The summed E-state index contributed by atoms with van der Waals surface area (Å²) in [6.45, 7) is 1.14. The minimum atomic E-state index is -0.998. The lowest BCUT2D eigenvalue weighted by molar-refractivity contribution is -0.121. The monoisotopic (exact) mass is 249 g/mol. The second kappa shape index (κ2) is 4.56. The Morgan fingerprint density at radius 3 is 2.67 bits per heavy atom. The number of hydrogen-bond donors (Lipinski definition) is 3. The fraction of sp³-hybridized carbons (Fsp3) is 0.333. The van der Waals surface area contributed by atoms with Gasteiger partial charge in [-0.05, 0) is 24.6 Å². The molecular weight excluding hydrogens is 234 g/mol. The van der Waals surface area contributed by atoms with Crippen molar-refractivity contribution >= 4 is 23.3 Å². The number of nitrogens with zero attached hydrogens (tertiary/aromatic N) is 1. The van der Waals surface area contributed by atoms with E-state index in [4.69, 9.17) is 16.6 Å². The molecule has 5 N–H and O–H groups in total. The predicted octanol–water partition coefficient (Wildman–Crippen LogP) is 0.279. The molecule has 0 radical (unpaired) electrons. The van der Waals surface area contributed by atoms with E-state index >= 15 is 0 Å². The summed E-state index contributed by atoms with van der Waals surface area (Å²) in [6.07, 6.45) is 0.673. The number of nitrogens with two attached hydrogens (primary N) is 2. The number of amides is 1. The maximum absolute atomic E-state index is 11.1. The third kappa shape index (κ3) is 2.22. The van der Waals surface area contributed by atoms with E-state index in [9.17, 15) is 9.59 Å². The minimum Gasteiger partial charge on any atom is -0.478 e. The summed E-state index contributed by atoms with van der Waals surface area (Å²) < 4.78 is 0. The zero-order valence-corrected chi connectivity index (χ0v) is 9.80. The topological polar surface area (TPSA) is 110 Å². The van der Waals surface area contributed by atoms with Crippen LogP contribution in [0.3, 0.4) is 0 Å². The Bertz CT molecular complexity index is 501. The van der Waals surface area contributed by atoms with Crippen LogP contribution in [0.1, 0.15) is 16.8 Å². The molecule has 1 amide bonds. The van der Waals surface area contributed by atoms with Gasteiger partial charge < -0.3 is 21.5 Å². The number of carboxylic acids is 1. The van der Waals surface area contributed by atoms with Crippen molar-refractivity contribution in [2.45, 2.75) is 6.42 Å². The molecule has 0 saturated carbocycles. The quantitative estimate of drug-likeness (QED) is 0.666. The Hall–Kier alpha value is -2.24. The average Bonchev–Trinajstić information content (AvgIpc) is 2.78. The number of rotatable bonds is 3. The first-order valence-electron chi connectivity index (χ1n) is 5.66. The van der Waals surface area contributed by atoms with Gasteiger partial charge in [-0.15, -0.1) is 0 Å². The number of nitrogen functional groups attached to an aromatic ring is 1. The van der Waals surface area contributed by atoms with Gasteiger partial charge in [0.15, 0.2) is 0 Å². The van der Waals surface area contributed by atoms with Gasteiger partial charge in [-0.25, -0.2) is 4.79 Å². The number of hydrogen-bond acceptors (Lipinski definition) is 4. The summed E-state index contributed by atoms with van der Waals surface area (Å²) in [7, 11) is 0. The molecule has 0 aromatic heterocycles. The summed E-state index contributed by atoms with van der Waals surface area (Å²) in [6, 6.07) is 4.56. The van der Waals surface area contributed by atoms with Gasteiger partial charge >= 0.3 is 5.97 Å². The number of aromatic carboxylic acids is 1. The van der Waals surface area contributed by atoms with Gasteiger partial charge in [-0.3, -0.25) is 4.79 Å². The molecule has 1 heterocycles. The zero-order chi connectivity index (χ0) is 13.3. The molecule has 1 aromatic rings. The van der Waals surface area contributed by atoms with Crippen LogP contribution in [0, 0.1) is 5.92 Å². The van der Waals surface area contributed by atoms with E-state index in [0.29, 0.717) is 30.9 Å². The van der Waals surface area contributed by atoms with Crippen molar-refractivity contribution in [3.63, 3.8) is 0 Å². The van der Waals surface area contributed by atoms with Gasteiger partial charge in [-0.1, -0.05) is 0 Å². The lowest BCUT2D eigenvalue weighted by atomic mass is 10.1. The van der Waals surface area contributed by atoms with Crippen LogP contribution in [0.4, 0.5) is 11.4 Å². The average molecular weight is 249 g/mol. The number of carboxylic acid groups (broad SMARTS) is 1. The highest BCUT2D eigenvalue weighted by molar-refractivity contribution is 5.91. The Morgan fingerprint density at radius 2 is 2.11 bits per heavy atom. The highest BCUT2D eigenvalue weighted by Gasteiger charge is 2.28. The molecule has 1 aliphatic rings. The molecule has 1 aliphatic heterocycles. The van der Waals surface area contributed by atoms with Crippen LogP contribution in [0.15, 0.2) is 18.2 Å². The molecule has 1 unspecified atom stereocenters. The Kier molecular flexibility index (Phi) is 3.10. The molecule has 6 nitrogen and oxygen atoms in total. The van der Waals surface area contributed by atoms with Crippen LogP contribution in [-0.4, -0.2) is 30.1 Å². The van der Waals surface area contributed by atoms with Gasteiger partial charge in [0, 0.05) is 13.1 Å². The first-order chi connectivity index (χ1) is 8.49. The molecule has 0 bridgehead atoms. The lowest BCUT2D eigenvalue weighted by Crippen LogP contribution is -2.27. The van der Waals surface area contributed by atoms with Gasteiger partial charge in [0.1, 0.15) is 0 Å². The van der Waals surface area contributed by atoms with Crippen molar-refractivity contribution in [2.75, 3.05) is 23.7 Å². The van der Waals surface area contributed by atoms with Crippen LogP contribution in [0.2, 0.25) is 0 Å². The molecule has 1 aromatic carbocycles. The fourth-order valence-corrected chi connectivity index (χ4v) is 2.16. The SMILES string of the molecule is NC(=O)C1CCN(c2cc(C(=O)O)ccc2N)C1. The molecule has 1 atom stereocenters. The van der Waals surface area contributed by atoms with Crippen LogP contribution < -0.4 is 16.4 Å². The highest BCUT2D eigenvalue weighted by Crippen LogP contribution is 2.29. The molecule has 6 heteroatoms. The molecule has 18 heavy (non-hydrogen) atoms. The Labute approximate surface area is 104 Å². The summed E-state index contributed by atoms with van der Waals surface area (Å²) in [5, 5.41) is 8.95. The van der Waals surface area contributed by atoms with Crippen LogP contribution in [0.5, 0.6) is 0 Å². The molecule has 2 rings (SSSR count). The van der Waals surface area contributed by atoms with E-state index in [1.807, 2.05) is 4.90 Å². The first kappa shape index (κ1) is 12.2. The largest absolute Gasteiger partial charge is 0.478 e. The molecule has 1 fully saturated rings. The van der Waals surface area contributed by atoms with E-state index in [1.165, 1.54) is 12.1 Å². The van der Waals surface area contributed by atoms with Crippen molar-refractivity contribution in [3.05, 3.63) is 23.8 Å². The second-order valence-electron chi connectivity index (χ2n) is 4.41. The highest BCUT2D eigenvalue weighted by atomic mass is 16.4. The van der Waals surface area contributed by atoms with E-state index in [-0.39, 0.29) is 17.4 Å². The van der Waals surface area contributed by atoms with Crippen molar-refractivity contribution in [2.24, 2.45) is 11.7 Å². The second-order valence-corrected chi connectivity index (χ2v) is 4.41. The molecular formula is C12H15N3O3. The Balaban J connectivity index is 2.26. The van der Waals surface area contributed by atoms with Gasteiger partial charge in [0.25, 0.3) is 0 Å². The fourth-order valence-electron chi connectivity index (χ4n) is 2.16. The maximum atomic E-state index is 11.1. The van der Waals surface area contributed by atoms with Crippen molar-refractivity contribution in [3.8, 4) is 0 Å². The summed E-state index contributed by atoms with van der Waals surface area (Å²) in [5.41, 5.74) is 12.4. The molecule has 0 aliphatic carbocycles. The van der Waals surface area contributed by atoms with Crippen LogP contribution in [-0.2, 0) is 4.79 Å². The third-order valence-electron chi connectivity index (χ3n) is 3.21. The number of carbonyl (C=O) groups excluding carboxylic acids is 1. The van der Waals surface area contributed by atoms with Crippen LogP contribution >= 0.6 is 0 Å². The molecule has 1 saturated heterocycles. The smallest absolute Gasteiger partial charge is 0.335 e. The van der Waals surface area contributed by atoms with Crippen molar-refractivity contribution in [1.82, 2.24) is 0 Å². The maximum Gasteiger partial charge on any atom is 0.335 e. The van der Waals surface area contributed by atoms with E-state index in [1.54, 1.807) is 6.07 Å². The molecule has 0 spiro atoms. The predicted molar refractivity (Wildman–Crippen MR) is 67.3 cm³/mol. The third-order valence-corrected chi connectivity index (χ3v) is 3.21.